The molecule has 1 aromatic carbocycles. The first-order valence-corrected chi connectivity index (χ1v) is 11.2. The first-order chi connectivity index (χ1) is 15.7. The molecule has 6 rings (SSSR count). The van der Waals surface area contributed by atoms with Crippen molar-refractivity contribution in [2.24, 2.45) is 0 Å². The van der Waals surface area contributed by atoms with Gasteiger partial charge in [0.05, 0.1) is 25.0 Å². The van der Waals surface area contributed by atoms with Crippen molar-refractivity contribution in [3.63, 3.8) is 0 Å². The molecule has 5 heterocycles. The van der Waals surface area contributed by atoms with Crippen LogP contribution in [0.2, 0.25) is 0 Å². The lowest BCUT2D eigenvalue weighted by atomic mass is 9.97. The van der Waals surface area contributed by atoms with E-state index in [0.717, 1.165) is 62.3 Å². The number of anilines is 2. The van der Waals surface area contributed by atoms with Gasteiger partial charge in [-0.05, 0) is 37.9 Å². The van der Waals surface area contributed by atoms with Crippen LogP contribution >= 0.6 is 0 Å². The largest absolute Gasteiger partial charge is 0.494 e. The molecule has 166 valence electrons. The summed E-state index contributed by atoms with van der Waals surface area (Å²) in [6.45, 7) is 3.93. The summed E-state index contributed by atoms with van der Waals surface area (Å²) in [5.74, 6) is 2.03. The molecule has 0 bridgehead atoms. The van der Waals surface area contributed by atoms with Crippen LogP contribution in [-0.2, 0) is 0 Å². The predicted octanol–water partition coefficient (Wildman–Crippen LogP) is 1.98. The van der Waals surface area contributed by atoms with Crippen LogP contribution in [0.4, 0.5) is 11.6 Å². The van der Waals surface area contributed by atoms with E-state index in [-0.39, 0.29) is 5.92 Å². The molecule has 10 heteroatoms. The number of rotatable bonds is 4. The van der Waals surface area contributed by atoms with Gasteiger partial charge in [-0.15, -0.1) is 5.10 Å². The Bertz CT molecular complexity index is 1270. The highest BCUT2D eigenvalue weighted by molar-refractivity contribution is 5.95. The molecule has 10 nitrogen and oxygen atoms in total. The minimum Gasteiger partial charge on any atom is -0.494 e. The molecule has 0 amide bonds. The van der Waals surface area contributed by atoms with E-state index in [4.69, 9.17) is 20.6 Å². The second-order valence-corrected chi connectivity index (χ2v) is 8.64. The summed E-state index contributed by atoms with van der Waals surface area (Å²) in [5.41, 5.74) is 8.83. The molecule has 0 aliphatic carbocycles. The molecule has 32 heavy (non-hydrogen) atoms. The fraction of sp³-hybridized carbons (Fsp3) is 0.455. The highest BCUT2D eigenvalue weighted by Crippen LogP contribution is 2.32. The Kier molecular flexibility index (Phi) is 4.60. The highest BCUT2D eigenvalue weighted by Gasteiger charge is 2.27. The van der Waals surface area contributed by atoms with Crippen LogP contribution in [0.15, 0.2) is 30.6 Å². The maximum atomic E-state index is 6.24. The van der Waals surface area contributed by atoms with Crippen molar-refractivity contribution in [2.45, 2.75) is 31.2 Å². The summed E-state index contributed by atoms with van der Waals surface area (Å²) in [6.07, 6.45) is 7.42. The van der Waals surface area contributed by atoms with Gasteiger partial charge in [-0.3, -0.25) is 4.68 Å². The van der Waals surface area contributed by atoms with Crippen LogP contribution < -0.4 is 20.7 Å². The van der Waals surface area contributed by atoms with E-state index < -0.39 is 0 Å². The average Bonchev–Trinajstić information content (AvgIpc) is 3.59. The number of nitrogens with two attached hydrogens (primary N) is 1. The summed E-state index contributed by atoms with van der Waals surface area (Å²) in [4.78, 5) is 11.8. The van der Waals surface area contributed by atoms with Crippen molar-refractivity contribution in [1.82, 2.24) is 34.7 Å². The number of fused-ring (bicyclic) bond motifs is 3. The number of nitrogen functional groups attached to an aromatic ring is 1. The Morgan fingerprint density at radius 3 is 3.00 bits per heavy atom. The maximum absolute atomic E-state index is 6.24. The Balaban J connectivity index is 1.31. The van der Waals surface area contributed by atoms with Crippen LogP contribution in [0.1, 0.15) is 37.0 Å². The van der Waals surface area contributed by atoms with Crippen molar-refractivity contribution in [1.29, 1.82) is 0 Å². The lowest BCUT2D eigenvalue weighted by Gasteiger charge is -2.32. The van der Waals surface area contributed by atoms with E-state index in [1.54, 1.807) is 11.6 Å². The van der Waals surface area contributed by atoms with Gasteiger partial charge in [0.1, 0.15) is 11.3 Å². The van der Waals surface area contributed by atoms with E-state index >= 15 is 0 Å². The maximum Gasteiger partial charge on any atom is 0.223 e. The molecule has 0 spiro atoms. The minimum absolute atomic E-state index is 0.222. The smallest absolute Gasteiger partial charge is 0.223 e. The number of ether oxygens (including phenoxy) is 1. The summed E-state index contributed by atoms with van der Waals surface area (Å²) in [7, 11) is 1.63. The van der Waals surface area contributed by atoms with Gasteiger partial charge in [-0.2, -0.15) is 9.61 Å². The number of aromatic nitrogens is 6. The van der Waals surface area contributed by atoms with Crippen molar-refractivity contribution < 1.29 is 4.74 Å². The third kappa shape index (κ3) is 3.13. The molecule has 2 aliphatic rings. The number of nitrogens with one attached hydrogen (secondary N) is 1. The number of nitrogens with zero attached hydrogens (tertiary/aromatic N) is 7. The summed E-state index contributed by atoms with van der Waals surface area (Å²) in [5, 5.41) is 13.7. The van der Waals surface area contributed by atoms with Gasteiger partial charge in [0.15, 0.2) is 11.5 Å². The summed E-state index contributed by atoms with van der Waals surface area (Å²) in [6, 6.07) is 6.25. The van der Waals surface area contributed by atoms with Crippen molar-refractivity contribution in [3.8, 4) is 5.75 Å². The van der Waals surface area contributed by atoms with Crippen LogP contribution in [0.5, 0.6) is 5.75 Å². The molecule has 2 atom stereocenters. The Hall–Kier alpha value is -3.40. The number of para-hydroxylation sites is 1. The second kappa shape index (κ2) is 7.63. The average molecular weight is 434 g/mol. The van der Waals surface area contributed by atoms with Gasteiger partial charge >= 0.3 is 0 Å². The predicted molar refractivity (Wildman–Crippen MR) is 122 cm³/mol. The fourth-order valence-corrected chi connectivity index (χ4v) is 4.96. The summed E-state index contributed by atoms with van der Waals surface area (Å²) < 4.78 is 9.22. The molecule has 3 N–H and O–H groups in total. The number of benzene rings is 1. The zero-order chi connectivity index (χ0) is 21.7. The molecular weight excluding hydrogens is 406 g/mol. The molecule has 2 aliphatic heterocycles. The molecule has 0 unspecified atom stereocenters. The third-order valence-corrected chi connectivity index (χ3v) is 6.67. The van der Waals surface area contributed by atoms with E-state index in [0.29, 0.717) is 23.3 Å². The number of hydrogen-bond donors (Lipinski definition) is 2. The number of hydrogen-bond acceptors (Lipinski definition) is 8. The van der Waals surface area contributed by atoms with Crippen molar-refractivity contribution in [2.75, 3.05) is 43.9 Å². The molecular formula is C22H27N9O. The van der Waals surface area contributed by atoms with Gasteiger partial charge < -0.3 is 20.7 Å². The van der Waals surface area contributed by atoms with Gasteiger partial charge in [-0.1, -0.05) is 6.07 Å². The van der Waals surface area contributed by atoms with Crippen LogP contribution in [0, 0.1) is 0 Å². The second-order valence-electron chi connectivity index (χ2n) is 8.64. The normalized spacial score (nSPS) is 21.6. The van der Waals surface area contributed by atoms with Crippen LogP contribution in [0.3, 0.4) is 0 Å². The standard InChI is InChI=1S/C22H27N9O/c1-32-18-6-2-5-17-19(18)26-22(23)31-21(17)27-20(28-31)14-4-3-9-29(12-14)16-11-25-30(13-16)15-7-8-24-10-15/h2,5-6,11,13-15,24H,3-4,7-10,12H2,1H3,(H2,23,26)/t14-,15-/m1/s1. The molecule has 3 aromatic heterocycles. The van der Waals surface area contributed by atoms with E-state index in [1.807, 2.05) is 24.4 Å². The molecule has 2 fully saturated rings. The third-order valence-electron chi connectivity index (χ3n) is 6.67. The van der Waals surface area contributed by atoms with E-state index in [1.165, 1.54) is 5.69 Å². The van der Waals surface area contributed by atoms with Crippen molar-refractivity contribution in [3.05, 3.63) is 36.4 Å². The van der Waals surface area contributed by atoms with Crippen LogP contribution in [-0.4, -0.2) is 62.7 Å². The minimum atomic E-state index is 0.222. The molecule has 2 saturated heterocycles. The Morgan fingerprint density at radius 2 is 2.16 bits per heavy atom. The zero-order valence-electron chi connectivity index (χ0n) is 18.1. The number of piperidine rings is 1. The van der Waals surface area contributed by atoms with Gasteiger partial charge in [0.2, 0.25) is 5.95 Å². The fourth-order valence-electron chi connectivity index (χ4n) is 4.96. The molecule has 0 radical (unpaired) electrons. The number of methoxy groups -OCH3 is 1. The zero-order valence-corrected chi connectivity index (χ0v) is 18.1. The summed E-state index contributed by atoms with van der Waals surface area (Å²) >= 11 is 0. The first kappa shape index (κ1) is 19.3. The van der Waals surface area contributed by atoms with Gasteiger partial charge in [0.25, 0.3) is 0 Å². The van der Waals surface area contributed by atoms with Gasteiger partial charge in [0, 0.05) is 37.1 Å². The molecule has 0 saturated carbocycles. The van der Waals surface area contributed by atoms with E-state index in [9.17, 15) is 0 Å². The topological polar surface area (TPSA) is 111 Å². The Labute approximate surface area is 185 Å². The van der Waals surface area contributed by atoms with E-state index in [2.05, 4.69) is 31.2 Å². The lowest BCUT2D eigenvalue weighted by Crippen LogP contribution is -2.34. The van der Waals surface area contributed by atoms with Crippen LogP contribution in [0.25, 0.3) is 16.6 Å². The monoisotopic (exact) mass is 433 g/mol. The highest BCUT2D eigenvalue weighted by atomic mass is 16.5. The van der Waals surface area contributed by atoms with Crippen molar-refractivity contribution >= 4 is 28.2 Å². The SMILES string of the molecule is COc1cccc2c1nc(N)n1nc([C@@H]3CCCN(c4cnn([C@@H]5CCNC5)c4)C3)nc21. The lowest BCUT2D eigenvalue weighted by molar-refractivity contribution is 0.419. The van der Waals surface area contributed by atoms with Gasteiger partial charge in [-0.25, -0.2) is 9.97 Å². The quantitative estimate of drug-likeness (QED) is 0.503. The Morgan fingerprint density at radius 1 is 1.22 bits per heavy atom. The molecule has 4 aromatic rings. The first-order valence-electron chi connectivity index (χ1n) is 11.2.